The van der Waals surface area contributed by atoms with E-state index in [4.69, 9.17) is 19.9 Å². The molecule has 2 N–H and O–H groups in total. The highest BCUT2D eigenvalue weighted by Crippen LogP contribution is 2.20. The first-order chi connectivity index (χ1) is 6.78. The molecule has 0 spiro atoms. The van der Waals surface area contributed by atoms with Crippen LogP contribution in [0.2, 0.25) is 0 Å². The molecular formula is C9H16N2O3. The zero-order chi connectivity index (χ0) is 10.8. The van der Waals surface area contributed by atoms with E-state index in [-0.39, 0.29) is 6.47 Å². The van der Waals surface area contributed by atoms with E-state index in [1.54, 1.807) is 7.11 Å². The summed E-state index contributed by atoms with van der Waals surface area (Å²) in [5, 5.41) is 18.0. The Labute approximate surface area is 83.7 Å². The van der Waals surface area contributed by atoms with Crippen molar-refractivity contribution in [2.45, 2.75) is 37.8 Å². The maximum Gasteiger partial charge on any atom is 0.290 e. The van der Waals surface area contributed by atoms with Crippen LogP contribution in [-0.4, -0.2) is 30.8 Å². The lowest BCUT2D eigenvalue weighted by Crippen LogP contribution is -2.32. The molecule has 0 bridgehead atoms. The molecule has 0 amide bonds. The van der Waals surface area contributed by atoms with Crippen LogP contribution in [-0.2, 0) is 9.53 Å². The molecule has 5 nitrogen and oxygen atoms in total. The summed E-state index contributed by atoms with van der Waals surface area (Å²) >= 11 is 0. The van der Waals surface area contributed by atoms with Crippen LogP contribution in [0.3, 0.4) is 0 Å². The molecule has 5 heteroatoms. The summed E-state index contributed by atoms with van der Waals surface area (Å²) in [5.41, 5.74) is 0. The topological polar surface area (TPSA) is 82.3 Å². The van der Waals surface area contributed by atoms with Crippen LogP contribution in [0, 0.1) is 11.5 Å². The van der Waals surface area contributed by atoms with Crippen LogP contribution in [0.1, 0.15) is 25.7 Å². The quantitative estimate of drug-likeness (QED) is 0.390. The molecular weight excluding hydrogens is 184 g/mol. The zero-order valence-electron chi connectivity index (χ0n) is 8.27. The van der Waals surface area contributed by atoms with Gasteiger partial charge in [0.2, 0.25) is 0 Å². The molecule has 0 unspecified atom stereocenters. The third kappa shape index (κ3) is 5.38. The first-order valence-corrected chi connectivity index (χ1v) is 4.53. The molecule has 0 aromatic heterocycles. The van der Waals surface area contributed by atoms with Gasteiger partial charge in [-0.3, -0.25) is 4.79 Å². The molecule has 1 aliphatic rings. The molecule has 0 aromatic rings. The Kier molecular flexibility index (Phi) is 7.56. The summed E-state index contributed by atoms with van der Waals surface area (Å²) in [5.74, 6) is 0. The van der Waals surface area contributed by atoms with Gasteiger partial charge in [-0.25, -0.2) is 0 Å². The fraction of sp³-hybridized carbons (Fsp3) is 0.778. The van der Waals surface area contributed by atoms with Crippen molar-refractivity contribution in [3.05, 3.63) is 0 Å². The summed E-state index contributed by atoms with van der Waals surface area (Å²) in [6.45, 7) is -0.250. The molecule has 1 saturated carbocycles. The van der Waals surface area contributed by atoms with Gasteiger partial charge in [0, 0.05) is 13.2 Å². The van der Waals surface area contributed by atoms with Gasteiger partial charge in [0.05, 0.1) is 6.10 Å². The Morgan fingerprint density at radius 1 is 1.50 bits per heavy atom. The SMILES string of the molecule is COC1CCC(NC#N)CC1.O=CO. The van der Waals surface area contributed by atoms with Gasteiger partial charge in [-0.15, -0.1) is 0 Å². The second kappa shape index (κ2) is 8.32. The van der Waals surface area contributed by atoms with Crippen LogP contribution in [0.5, 0.6) is 0 Å². The number of hydrogen-bond donors (Lipinski definition) is 2. The summed E-state index contributed by atoms with van der Waals surface area (Å²) in [4.78, 5) is 8.36. The fourth-order valence-corrected chi connectivity index (χ4v) is 1.53. The number of ether oxygens (including phenoxy) is 1. The van der Waals surface area contributed by atoms with E-state index >= 15 is 0 Å². The molecule has 0 aliphatic heterocycles. The summed E-state index contributed by atoms with van der Waals surface area (Å²) in [6, 6.07) is 0.395. The van der Waals surface area contributed by atoms with Gasteiger partial charge < -0.3 is 15.2 Å². The van der Waals surface area contributed by atoms with Gasteiger partial charge in [-0.05, 0) is 25.7 Å². The largest absolute Gasteiger partial charge is 0.483 e. The Balaban J connectivity index is 0.000000500. The molecule has 80 valence electrons. The summed E-state index contributed by atoms with van der Waals surface area (Å²) < 4.78 is 5.21. The molecule has 0 radical (unpaired) electrons. The monoisotopic (exact) mass is 200 g/mol. The average molecular weight is 200 g/mol. The van der Waals surface area contributed by atoms with E-state index in [9.17, 15) is 0 Å². The van der Waals surface area contributed by atoms with Crippen molar-refractivity contribution in [2.24, 2.45) is 0 Å². The summed E-state index contributed by atoms with van der Waals surface area (Å²) in [6.07, 6.45) is 6.68. The summed E-state index contributed by atoms with van der Waals surface area (Å²) in [7, 11) is 1.75. The van der Waals surface area contributed by atoms with Gasteiger partial charge in [-0.1, -0.05) is 0 Å². The Bertz CT molecular complexity index is 183. The number of hydrogen-bond acceptors (Lipinski definition) is 4. The van der Waals surface area contributed by atoms with Crippen molar-refractivity contribution < 1.29 is 14.6 Å². The van der Waals surface area contributed by atoms with Crippen LogP contribution in [0.25, 0.3) is 0 Å². The van der Waals surface area contributed by atoms with Crippen molar-refractivity contribution in [2.75, 3.05) is 7.11 Å². The van der Waals surface area contributed by atoms with Crippen molar-refractivity contribution in [1.29, 1.82) is 5.26 Å². The van der Waals surface area contributed by atoms with Gasteiger partial charge in [0.25, 0.3) is 6.47 Å². The highest BCUT2D eigenvalue weighted by molar-refractivity contribution is 5.32. The lowest BCUT2D eigenvalue weighted by Gasteiger charge is -2.26. The van der Waals surface area contributed by atoms with Gasteiger partial charge in [0.15, 0.2) is 6.19 Å². The third-order valence-electron chi connectivity index (χ3n) is 2.28. The number of methoxy groups -OCH3 is 1. The van der Waals surface area contributed by atoms with Crippen molar-refractivity contribution >= 4 is 6.47 Å². The predicted molar refractivity (Wildman–Crippen MR) is 50.5 cm³/mol. The Morgan fingerprint density at radius 3 is 2.36 bits per heavy atom. The number of carboxylic acid groups (broad SMARTS) is 1. The van der Waals surface area contributed by atoms with Gasteiger partial charge in [-0.2, -0.15) is 5.26 Å². The second-order valence-corrected chi connectivity index (χ2v) is 3.07. The second-order valence-electron chi connectivity index (χ2n) is 3.07. The number of rotatable bonds is 2. The molecule has 0 aromatic carbocycles. The smallest absolute Gasteiger partial charge is 0.290 e. The normalized spacial score (nSPS) is 25.1. The number of nitrogens with one attached hydrogen (secondary N) is 1. The van der Waals surface area contributed by atoms with E-state index in [1.165, 1.54) is 0 Å². The van der Waals surface area contributed by atoms with Crippen LogP contribution < -0.4 is 5.32 Å². The maximum atomic E-state index is 8.36. The maximum absolute atomic E-state index is 8.36. The van der Waals surface area contributed by atoms with Gasteiger partial charge >= 0.3 is 0 Å². The van der Waals surface area contributed by atoms with E-state index in [0.717, 1.165) is 25.7 Å². The molecule has 0 atom stereocenters. The zero-order valence-corrected chi connectivity index (χ0v) is 8.27. The number of nitriles is 1. The standard InChI is InChI=1S/C8H14N2O.CH2O2/c1-11-8-4-2-7(3-5-8)10-6-9;2-1-3/h7-8,10H,2-5H2,1H3;1H,(H,2,3). The predicted octanol–water partition coefficient (Wildman–Crippen LogP) is 0.715. The van der Waals surface area contributed by atoms with E-state index in [2.05, 4.69) is 5.32 Å². The molecule has 1 rings (SSSR count). The van der Waals surface area contributed by atoms with Crippen LogP contribution in [0.15, 0.2) is 0 Å². The lowest BCUT2D eigenvalue weighted by molar-refractivity contribution is -0.122. The molecule has 1 fully saturated rings. The van der Waals surface area contributed by atoms with Crippen molar-refractivity contribution in [3.63, 3.8) is 0 Å². The Morgan fingerprint density at radius 2 is 2.00 bits per heavy atom. The first-order valence-electron chi connectivity index (χ1n) is 4.53. The van der Waals surface area contributed by atoms with Crippen LogP contribution in [0.4, 0.5) is 0 Å². The molecule has 0 saturated heterocycles. The van der Waals surface area contributed by atoms with E-state index in [0.29, 0.717) is 12.1 Å². The highest BCUT2D eigenvalue weighted by Gasteiger charge is 2.19. The van der Waals surface area contributed by atoms with Crippen molar-refractivity contribution in [3.8, 4) is 6.19 Å². The molecule has 0 heterocycles. The van der Waals surface area contributed by atoms with E-state index < -0.39 is 0 Å². The number of nitrogens with zero attached hydrogens (tertiary/aromatic N) is 1. The first kappa shape index (κ1) is 12.7. The van der Waals surface area contributed by atoms with Crippen molar-refractivity contribution in [1.82, 2.24) is 5.32 Å². The third-order valence-corrected chi connectivity index (χ3v) is 2.28. The van der Waals surface area contributed by atoms with E-state index in [1.807, 2.05) is 6.19 Å². The minimum Gasteiger partial charge on any atom is -0.483 e. The molecule has 14 heavy (non-hydrogen) atoms. The van der Waals surface area contributed by atoms with Crippen LogP contribution >= 0.6 is 0 Å². The highest BCUT2D eigenvalue weighted by atomic mass is 16.5. The fourth-order valence-electron chi connectivity index (χ4n) is 1.53. The molecule has 1 aliphatic carbocycles. The number of carbonyl (C=O) groups is 1. The Hall–Kier alpha value is -1.28. The average Bonchev–Trinajstić information content (AvgIpc) is 2.21. The minimum atomic E-state index is -0.250. The minimum absolute atomic E-state index is 0.250. The van der Waals surface area contributed by atoms with Gasteiger partial charge in [0.1, 0.15) is 0 Å². The lowest BCUT2D eigenvalue weighted by atomic mass is 9.93.